The number of nitrogen functional groups attached to an aromatic ring is 1. The van der Waals surface area contributed by atoms with Crippen molar-refractivity contribution in [2.24, 2.45) is 0 Å². The number of nitrogens with two attached hydrogens (primary N) is 1. The van der Waals surface area contributed by atoms with E-state index in [1.54, 1.807) is 0 Å². The van der Waals surface area contributed by atoms with Crippen LogP contribution in [0.2, 0.25) is 0 Å². The first kappa shape index (κ1) is 14.5. The van der Waals surface area contributed by atoms with Crippen LogP contribution in [0.3, 0.4) is 0 Å². The summed E-state index contributed by atoms with van der Waals surface area (Å²) in [6.45, 7) is 2.94. The Labute approximate surface area is 121 Å². The third kappa shape index (κ3) is 4.04. The van der Waals surface area contributed by atoms with Crippen molar-refractivity contribution in [3.8, 4) is 11.3 Å². The van der Waals surface area contributed by atoms with Gasteiger partial charge in [0.1, 0.15) is 0 Å². The maximum atomic E-state index is 11.6. The Morgan fingerprint density at radius 2 is 2.35 bits per heavy atom. The Bertz CT molecular complexity index is 583. The lowest BCUT2D eigenvalue weighted by atomic mass is 10.1. The molecule has 0 aliphatic rings. The van der Waals surface area contributed by atoms with Crippen LogP contribution in [0, 0.1) is 0 Å². The number of benzene rings is 1. The standard InChI is InChI=1S/C14H17N3O2S/c1-2-19-7-6-13(18)17-14-16-12(9-20-14)10-4-3-5-11(15)8-10/h3-5,8-9H,2,6-7,15H2,1H3,(H,16,17,18). The van der Waals surface area contributed by atoms with Gasteiger partial charge < -0.3 is 15.8 Å². The first-order valence-corrected chi connectivity index (χ1v) is 7.26. The summed E-state index contributed by atoms with van der Waals surface area (Å²) in [5, 5.41) is 5.25. The van der Waals surface area contributed by atoms with Crippen LogP contribution in [0.25, 0.3) is 11.3 Å². The average molecular weight is 291 g/mol. The summed E-state index contributed by atoms with van der Waals surface area (Å²) in [6.07, 6.45) is 0.334. The quantitative estimate of drug-likeness (QED) is 0.633. The molecule has 0 radical (unpaired) electrons. The molecule has 3 N–H and O–H groups in total. The van der Waals surface area contributed by atoms with Gasteiger partial charge in [0.05, 0.1) is 18.7 Å². The van der Waals surface area contributed by atoms with E-state index in [0.717, 1.165) is 11.3 Å². The van der Waals surface area contributed by atoms with Gasteiger partial charge in [-0.3, -0.25) is 4.79 Å². The van der Waals surface area contributed by atoms with Gasteiger partial charge in [0.15, 0.2) is 5.13 Å². The largest absolute Gasteiger partial charge is 0.399 e. The number of aromatic nitrogens is 1. The maximum absolute atomic E-state index is 11.6. The number of carbonyl (C=O) groups excluding carboxylic acids is 1. The van der Waals surface area contributed by atoms with E-state index in [9.17, 15) is 4.79 Å². The predicted molar refractivity (Wildman–Crippen MR) is 81.7 cm³/mol. The van der Waals surface area contributed by atoms with E-state index in [-0.39, 0.29) is 5.91 Å². The molecule has 0 unspecified atom stereocenters. The first-order valence-electron chi connectivity index (χ1n) is 6.38. The number of ether oxygens (including phenoxy) is 1. The van der Waals surface area contributed by atoms with E-state index in [2.05, 4.69) is 10.3 Å². The molecule has 1 amide bonds. The average Bonchev–Trinajstić information content (AvgIpc) is 2.87. The molecule has 0 aliphatic heterocycles. The van der Waals surface area contributed by atoms with Gasteiger partial charge >= 0.3 is 0 Å². The highest BCUT2D eigenvalue weighted by Crippen LogP contribution is 2.26. The number of thiazole rings is 1. The predicted octanol–water partition coefficient (Wildman–Crippen LogP) is 2.76. The van der Waals surface area contributed by atoms with E-state index < -0.39 is 0 Å². The highest BCUT2D eigenvalue weighted by Gasteiger charge is 2.08. The second-order valence-electron chi connectivity index (χ2n) is 4.16. The van der Waals surface area contributed by atoms with Crippen LogP contribution in [0.1, 0.15) is 13.3 Å². The zero-order valence-electron chi connectivity index (χ0n) is 11.3. The van der Waals surface area contributed by atoms with E-state index in [1.807, 2.05) is 36.6 Å². The first-order chi connectivity index (χ1) is 9.69. The maximum Gasteiger partial charge on any atom is 0.228 e. The second-order valence-corrected chi connectivity index (χ2v) is 5.02. The molecule has 1 aromatic carbocycles. The van der Waals surface area contributed by atoms with Crippen LogP contribution >= 0.6 is 11.3 Å². The molecule has 0 fully saturated rings. The summed E-state index contributed by atoms with van der Waals surface area (Å²) in [5.41, 5.74) is 8.18. The molecule has 0 bridgehead atoms. The number of nitrogens with one attached hydrogen (secondary N) is 1. The van der Waals surface area contributed by atoms with Gasteiger partial charge in [-0.1, -0.05) is 12.1 Å². The molecule has 0 spiro atoms. The number of hydrogen-bond donors (Lipinski definition) is 2. The van der Waals surface area contributed by atoms with E-state index in [0.29, 0.717) is 30.5 Å². The Balaban J connectivity index is 1.97. The van der Waals surface area contributed by atoms with Crippen molar-refractivity contribution in [3.05, 3.63) is 29.6 Å². The number of nitrogens with zero attached hydrogens (tertiary/aromatic N) is 1. The van der Waals surface area contributed by atoms with Crippen molar-refractivity contribution in [3.63, 3.8) is 0 Å². The fraction of sp³-hybridized carbons (Fsp3) is 0.286. The summed E-state index contributed by atoms with van der Waals surface area (Å²) >= 11 is 1.39. The number of anilines is 2. The highest BCUT2D eigenvalue weighted by atomic mass is 32.1. The minimum absolute atomic E-state index is 0.0908. The zero-order valence-corrected chi connectivity index (χ0v) is 12.1. The Hall–Kier alpha value is -1.92. The fourth-order valence-corrected chi connectivity index (χ4v) is 2.39. The summed E-state index contributed by atoms with van der Waals surface area (Å²) in [6, 6.07) is 7.50. The monoisotopic (exact) mass is 291 g/mol. The summed E-state index contributed by atoms with van der Waals surface area (Å²) in [7, 11) is 0. The van der Waals surface area contributed by atoms with Crippen LogP contribution in [0.15, 0.2) is 29.6 Å². The number of carbonyl (C=O) groups is 1. The van der Waals surface area contributed by atoms with Gasteiger partial charge in [-0.2, -0.15) is 0 Å². The number of amides is 1. The van der Waals surface area contributed by atoms with E-state index in [1.165, 1.54) is 11.3 Å². The van der Waals surface area contributed by atoms with Crippen molar-refractivity contribution in [1.29, 1.82) is 0 Å². The van der Waals surface area contributed by atoms with Gasteiger partial charge in [-0.05, 0) is 19.1 Å². The summed E-state index contributed by atoms with van der Waals surface area (Å²) < 4.78 is 5.14. The Morgan fingerprint density at radius 1 is 1.50 bits per heavy atom. The minimum atomic E-state index is -0.0908. The molecule has 2 aromatic rings. The van der Waals surface area contributed by atoms with Crippen LogP contribution in [0.4, 0.5) is 10.8 Å². The molecule has 0 aliphatic carbocycles. The van der Waals surface area contributed by atoms with Gasteiger partial charge in [-0.15, -0.1) is 11.3 Å². The van der Waals surface area contributed by atoms with Crippen LogP contribution in [-0.2, 0) is 9.53 Å². The lowest BCUT2D eigenvalue weighted by Crippen LogP contribution is -2.13. The molecule has 6 heteroatoms. The van der Waals surface area contributed by atoms with Gasteiger partial charge in [-0.25, -0.2) is 4.98 Å². The third-order valence-electron chi connectivity index (χ3n) is 2.61. The summed E-state index contributed by atoms with van der Waals surface area (Å²) in [4.78, 5) is 16.0. The molecule has 0 saturated heterocycles. The molecular formula is C14H17N3O2S. The SMILES string of the molecule is CCOCCC(=O)Nc1nc(-c2cccc(N)c2)cs1. The topological polar surface area (TPSA) is 77.2 Å². The molecule has 2 rings (SSSR count). The number of rotatable bonds is 6. The highest BCUT2D eigenvalue weighted by molar-refractivity contribution is 7.14. The van der Waals surface area contributed by atoms with Crippen molar-refractivity contribution in [2.75, 3.05) is 24.3 Å². The Kier molecular flexibility index (Phi) is 5.09. The molecule has 1 heterocycles. The van der Waals surface area contributed by atoms with Gasteiger partial charge in [0, 0.05) is 23.2 Å². The van der Waals surface area contributed by atoms with E-state index >= 15 is 0 Å². The van der Waals surface area contributed by atoms with Crippen molar-refractivity contribution >= 4 is 28.1 Å². The van der Waals surface area contributed by atoms with E-state index in [4.69, 9.17) is 10.5 Å². The fourth-order valence-electron chi connectivity index (χ4n) is 1.65. The van der Waals surface area contributed by atoms with Crippen LogP contribution in [-0.4, -0.2) is 24.1 Å². The minimum Gasteiger partial charge on any atom is -0.399 e. The zero-order chi connectivity index (χ0) is 14.4. The van der Waals surface area contributed by atoms with Crippen LogP contribution < -0.4 is 11.1 Å². The molecule has 0 atom stereocenters. The molecular weight excluding hydrogens is 274 g/mol. The Morgan fingerprint density at radius 3 is 3.10 bits per heavy atom. The number of hydrogen-bond acceptors (Lipinski definition) is 5. The normalized spacial score (nSPS) is 10.4. The summed E-state index contributed by atoms with van der Waals surface area (Å²) in [5.74, 6) is -0.0908. The van der Waals surface area contributed by atoms with Gasteiger partial charge in [0.25, 0.3) is 0 Å². The molecule has 0 saturated carbocycles. The van der Waals surface area contributed by atoms with Crippen molar-refractivity contribution in [1.82, 2.24) is 4.98 Å². The van der Waals surface area contributed by atoms with Crippen molar-refractivity contribution < 1.29 is 9.53 Å². The molecule has 20 heavy (non-hydrogen) atoms. The lowest BCUT2D eigenvalue weighted by Gasteiger charge is -2.02. The molecule has 5 nitrogen and oxygen atoms in total. The van der Waals surface area contributed by atoms with Crippen molar-refractivity contribution in [2.45, 2.75) is 13.3 Å². The molecule has 1 aromatic heterocycles. The second kappa shape index (κ2) is 7.02. The third-order valence-corrected chi connectivity index (χ3v) is 3.37. The van der Waals surface area contributed by atoms with Crippen LogP contribution in [0.5, 0.6) is 0 Å². The lowest BCUT2D eigenvalue weighted by molar-refractivity contribution is -0.117. The smallest absolute Gasteiger partial charge is 0.228 e. The molecule has 106 valence electrons. The van der Waals surface area contributed by atoms with Gasteiger partial charge in [0.2, 0.25) is 5.91 Å².